The van der Waals surface area contributed by atoms with E-state index < -0.39 is 0 Å². The fraction of sp³-hybridized carbons (Fsp3) is 0.125. The van der Waals surface area contributed by atoms with Gasteiger partial charge in [-0.3, -0.25) is 4.98 Å². The molecule has 0 spiro atoms. The van der Waals surface area contributed by atoms with Gasteiger partial charge in [0.1, 0.15) is 5.52 Å². The fourth-order valence-electron chi connectivity index (χ4n) is 2.64. The third kappa shape index (κ3) is 1.98. The first-order chi connectivity index (χ1) is 10.3. The van der Waals surface area contributed by atoms with Gasteiger partial charge in [0.2, 0.25) is 0 Å². The molecule has 3 heterocycles. The molecule has 104 valence electrons. The average molecular weight is 278 g/mol. The molecule has 0 aliphatic rings. The predicted octanol–water partition coefficient (Wildman–Crippen LogP) is 3.25. The second-order valence-electron chi connectivity index (χ2n) is 4.99. The molecule has 4 rings (SSSR count). The van der Waals surface area contributed by atoms with Crippen molar-refractivity contribution in [1.82, 2.24) is 19.9 Å². The summed E-state index contributed by atoms with van der Waals surface area (Å²) >= 11 is 0. The molecule has 0 atom stereocenters. The number of aromatic amines is 2. The Morgan fingerprint density at radius 1 is 1.14 bits per heavy atom. The van der Waals surface area contributed by atoms with Gasteiger partial charge < -0.3 is 14.7 Å². The van der Waals surface area contributed by atoms with Crippen LogP contribution in [0.5, 0.6) is 0 Å². The number of benzene rings is 1. The van der Waals surface area contributed by atoms with Crippen molar-refractivity contribution >= 4 is 22.1 Å². The molecule has 0 amide bonds. The summed E-state index contributed by atoms with van der Waals surface area (Å²) in [4.78, 5) is 15.2. The zero-order valence-corrected chi connectivity index (χ0v) is 11.6. The van der Waals surface area contributed by atoms with Gasteiger partial charge in [0.25, 0.3) is 0 Å². The summed E-state index contributed by atoms with van der Waals surface area (Å²) in [6.45, 7) is 0.608. The Balaban J connectivity index is 1.90. The number of rotatable bonds is 3. The van der Waals surface area contributed by atoms with Crippen LogP contribution in [0.15, 0.2) is 42.9 Å². The number of aromatic nitrogens is 4. The Bertz CT molecular complexity index is 889. The lowest BCUT2D eigenvalue weighted by Gasteiger charge is -2.01. The summed E-state index contributed by atoms with van der Waals surface area (Å²) in [5.74, 6) is 0. The zero-order valence-electron chi connectivity index (χ0n) is 11.6. The fourth-order valence-corrected chi connectivity index (χ4v) is 2.64. The molecule has 5 heteroatoms. The highest BCUT2D eigenvalue weighted by Gasteiger charge is 2.10. The summed E-state index contributed by atoms with van der Waals surface area (Å²) in [5, 5.41) is 1.16. The highest BCUT2D eigenvalue weighted by Crippen LogP contribution is 2.30. The topological polar surface area (TPSA) is 66.6 Å². The maximum absolute atomic E-state index is 5.21. The van der Waals surface area contributed by atoms with Crippen LogP contribution in [0.2, 0.25) is 0 Å². The highest BCUT2D eigenvalue weighted by molar-refractivity contribution is 5.97. The summed E-state index contributed by atoms with van der Waals surface area (Å²) in [5.41, 5.74) is 6.05. The van der Waals surface area contributed by atoms with E-state index in [2.05, 4.69) is 38.1 Å². The third-order valence-electron chi connectivity index (χ3n) is 3.61. The van der Waals surface area contributed by atoms with Crippen molar-refractivity contribution in [2.75, 3.05) is 7.11 Å². The van der Waals surface area contributed by atoms with Gasteiger partial charge in [-0.2, -0.15) is 0 Å². The Labute approximate surface area is 121 Å². The van der Waals surface area contributed by atoms with Crippen molar-refractivity contribution in [2.24, 2.45) is 0 Å². The molecule has 0 fully saturated rings. The van der Waals surface area contributed by atoms with Gasteiger partial charge in [0.15, 0.2) is 5.65 Å². The van der Waals surface area contributed by atoms with Crippen molar-refractivity contribution in [3.63, 3.8) is 0 Å². The molecule has 0 saturated carbocycles. The zero-order chi connectivity index (χ0) is 14.2. The maximum atomic E-state index is 5.21. The Hall–Kier alpha value is -2.66. The summed E-state index contributed by atoms with van der Waals surface area (Å²) < 4.78 is 5.21. The second-order valence-corrected chi connectivity index (χ2v) is 4.99. The van der Waals surface area contributed by atoms with Gasteiger partial charge in [0.05, 0.1) is 12.3 Å². The number of methoxy groups -OCH3 is 1. The SMILES string of the molecule is COCc1ccc2[nH]cc(-c3cc4nccnc4[nH]3)c2c1. The molecule has 1 aromatic carbocycles. The molecule has 0 bridgehead atoms. The predicted molar refractivity (Wildman–Crippen MR) is 81.9 cm³/mol. The van der Waals surface area contributed by atoms with Crippen LogP contribution in [0, 0.1) is 0 Å². The van der Waals surface area contributed by atoms with E-state index in [9.17, 15) is 0 Å². The largest absolute Gasteiger partial charge is 0.380 e. The molecule has 3 aromatic heterocycles. The van der Waals surface area contributed by atoms with Gasteiger partial charge in [-0.15, -0.1) is 0 Å². The molecule has 0 aliphatic carbocycles. The van der Waals surface area contributed by atoms with Crippen LogP contribution in [0.4, 0.5) is 0 Å². The van der Waals surface area contributed by atoms with Gasteiger partial charge in [-0.1, -0.05) is 6.07 Å². The molecule has 21 heavy (non-hydrogen) atoms. The van der Waals surface area contributed by atoms with E-state index in [1.165, 1.54) is 0 Å². The molecule has 0 saturated heterocycles. The van der Waals surface area contributed by atoms with Gasteiger partial charge in [-0.25, -0.2) is 4.98 Å². The average Bonchev–Trinajstić information content (AvgIpc) is 3.10. The first-order valence-electron chi connectivity index (χ1n) is 6.74. The lowest BCUT2D eigenvalue weighted by atomic mass is 10.1. The van der Waals surface area contributed by atoms with Gasteiger partial charge in [-0.05, 0) is 23.8 Å². The normalized spacial score (nSPS) is 11.5. The minimum atomic E-state index is 0.608. The lowest BCUT2D eigenvalue weighted by Crippen LogP contribution is -1.86. The van der Waals surface area contributed by atoms with Crippen LogP contribution in [0.1, 0.15) is 5.56 Å². The van der Waals surface area contributed by atoms with Crippen molar-refractivity contribution in [3.05, 3.63) is 48.4 Å². The maximum Gasteiger partial charge on any atom is 0.156 e. The van der Waals surface area contributed by atoms with Crippen LogP contribution in [0.25, 0.3) is 33.3 Å². The van der Waals surface area contributed by atoms with Crippen LogP contribution >= 0.6 is 0 Å². The lowest BCUT2D eigenvalue weighted by molar-refractivity contribution is 0.185. The minimum absolute atomic E-state index is 0.608. The van der Waals surface area contributed by atoms with Crippen LogP contribution in [-0.4, -0.2) is 27.0 Å². The Kier molecular flexibility index (Phi) is 2.72. The number of hydrogen-bond acceptors (Lipinski definition) is 3. The second kappa shape index (κ2) is 4.71. The monoisotopic (exact) mass is 278 g/mol. The van der Waals surface area contributed by atoms with Crippen molar-refractivity contribution in [2.45, 2.75) is 6.61 Å². The van der Waals surface area contributed by atoms with Gasteiger partial charge in [0, 0.05) is 42.2 Å². The van der Waals surface area contributed by atoms with E-state index in [1.807, 2.05) is 12.3 Å². The number of nitrogens with zero attached hydrogens (tertiary/aromatic N) is 2. The van der Waals surface area contributed by atoms with Crippen molar-refractivity contribution in [3.8, 4) is 11.3 Å². The number of H-pyrrole nitrogens is 2. The van der Waals surface area contributed by atoms with E-state index in [1.54, 1.807) is 19.5 Å². The standard InChI is InChI=1S/C16H14N4O/c1-21-9-10-2-3-13-11(6-10)12(8-19-13)14-7-15-16(20-14)18-5-4-17-15/h2-8,19H,9H2,1H3,(H,18,20). The molecule has 4 aromatic rings. The molecule has 5 nitrogen and oxygen atoms in total. The highest BCUT2D eigenvalue weighted by atomic mass is 16.5. The van der Waals surface area contributed by atoms with E-state index in [-0.39, 0.29) is 0 Å². The van der Waals surface area contributed by atoms with Crippen molar-refractivity contribution in [1.29, 1.82) is 0 Å². The summed E-state index contributed by atoms with van der Waals surface area (Å²) in [6.07, 6.45) is 5.40. The molecular weight excluding hydrogens is 264 g/mol. The molecule has 0 radical (unpaired) electrons. The van der Waals surface area contributed by atoms with Crippen molar-refractivity contribution < 1.29 is 4.74 Å². The summed E-state index contributed by atoms with van der Waals surface area (Å²) in [7, 11) is 1.71. The molecular formula is C16H14N4O. The van der Waals surface area contributed by atoms with Crippen LogP contribution in [0.3, 0.4) is 0 Å². The number of hydrogen-bond donors (Lipinski definition) is 2. The Morgan fingerprint density at radius 3 is 2.90 bits per heavy atom. The number of fused-ring (bicyclic) bond motifs is 2. The van der Waals surface area contributed by atoms with E-state index >= 15 is 0 Å². The summed E-state index contributed by atoms with van der Waals surface area (Å²) in [6, 6.07) is 8.32. The minimum Gasteiger partial charge on any atom is -0.380 e. The Morgan fingerprint density at radius 2 is 2.05 bits per heavy atom. The van der Waals surface area contributed by atoms with E-state index in [0.29, 0.717) is 6.61 Å². The van der Waals surface area contributed by atoms with Crippen LogP contribution in [-0.2, 0) is 11.3 Å². The number of ether oxygens (including phenoxy) is 1. The number of nitrogens with one attached hydrogen (secondary N) is 2. The third-order valence-corrected chi connectivity index (χ3v) is 3.61. The first kappa shape index (κ1) is 12.1. The molecule has 0 unspecified atom stereocenters. The van der Waals surface area contributed by atoms with E-state index in [0.717, 1.165) is 38.9 Å². The molecule has 2 N–H and O–H groups in total. The van der Waals surface area contributed by atoms with Crippen LogP contribution < -0.4 is 0 Å². The van der Waals surface area contributed by atoms with E-state index in [4.69, 9.17) is 4.74 Å². The first-order valence-corrected chi connectivity index (χ1v) is 6.74. The molecule has 0 aliphatic heterocycles. The quantitative estimate of drug-likeness (QED) is 0.604. The van der Waals surface area contributed by atoms with Gasteiger partial charge >= 0.3 is 0 Å². The smallest absolute Gasteiger partial charge is 0.156 e.